The Morgan fingerprint density at radius 2 is 1.45 bits per heavy atom. The smallest absolute Gasteiger partial charge is 0.376 e. The van der Waals surface area contributed by atoms with Crippen molar-refractivity contribution in [2.24, 2.45) is 5.92 Å². The predicted molar refractivity (Wildman–Crippen MR) is 98.9 cm³/mol. The maximum Gasteiger partial charge on any atom is 0.416 e. The third-order valence-corrected chi connectivity index (χ3v) is 4.82. The van der Waals surface area contributed by atoms with Gasteiger partial charge in [-0.3, -0.25) is 0 Å². The first-order valence-electron chi connectivity index (χ1n) is 8.76. The highest BCUT2D eigenvalue weighted by Gasteiger charge is 2.37. The Morgan fingerprint density at radius 1 is 0.862 bits per heavy atom. The third-order valence-electron chi connectivity index (χ3n) is 4.82. The lowest BCUT2D eigenvalue weighted by molar-refractivity contribution is -0.143. The molecule has 2 nitrogen and oxygen atoms in total. The van der Waals surface area contributed by atoms with Gasteiger partial charge in [0.2, 0.25) is 0 Å². The lowest BCUT2D eigenvalue weighted by Gasteiger charge is -2.19. The summed E-state index contributed by atoms with van der Waals surface area (Å²) in [5, 5.41) is 3.25. The molecule has 0 aliphatic carbocycles. The fourth-order valence-corrected chi connectivity index (χ4v) is 3.43. The summed E-state index contributed by atoms with van der Waals surface area (Å²) in [7, 11) is 0. The van der Waals surface area contributed by atoms with Crippen LogP contribution in [0.3, 0.4) is 0 Å². The van der Waals surface area contributed by atoms with Crippen molar-refractivity contribution < 1.29 is 31.1 Å². The van der Waals surface area contributed by atoms with Crippen molar-refractivity contribution >= 4 is 12.4 Å². The summed E-state index contributed by atoms with van der Waals surface area (Å²) in [6, 6.07) is 11.3. The summed E-state index contributed by atoms with van der Waals surface area (Å²) in [5.41, 5.74) is -1.68. The predicted octanol–water partition coefficient (Wildman–Crippen LogP) is 5.67. The first kappa shape index (κ1) is 23.5. The molecule has 0 amide bonds. The SMILES string of the molecule is Cl.FC(F)(F)c1cc(COCC2CNCC2c2ccccc2)cc(C(F)(F)F)c1. The van der Waals surface area contributed by atoms with Crippen molar-refractivity contribution in [2.75, 3.05) is 19.7 Å². The van der Waals surface area contributed by atoms with Gasteiger partial charge in [0.1, 0.15) is 0 Å². The Balaban J connectivity index is 0.00000300. The molecule has 2 unspecified atom stereocenters. The van der Waals surface area contributed by atoms with E-state index in [9.17, 15) is 26.3 Å². The van der Waals surface area contributed by atoms with Crippen LogP contribution in [0.15, 0.2) is 48.5 Å². The van der Waals surface area contributed by atoms with E-state index in [4.69, 9.17) is 4.74 Å². The topological polar surface area (TPSA) is 21.3 Å². The van der Waals surface area contributed by atoms with Crippen LogP contribution < -0.4 is 5.32 Å². The molecule has 1 aliphatic rings. The molecule has 9 heteroatoms. The largest absolute Gasteiger partial charge is 0.416 e. The third kappa shape index (κ3) is 6.10. The summed E-state index contributed by atoms with van der Waals surface area (Å²) in [5.74, 6) is 0.281. The van der Waals surface area contributed by atoms with Crippen molar-refractivity contribution in [3.8, 4) is 0 Å². The molecule has 0 spiro atoms. The molecule has 1 saturated heterocycles. The number of alkyl halides is 6. The second kappa shape index (κ2) is 9.36. The van der Waals surface area contributed by atoms with E-state index in [0.717, 1.165) is 12.1 Å². The van der Waals surface area contributed by atoms with Gasteiger partial charge < -0.3 is 10.1 Å². The van der Waals surface area contributed by atoms with Crippen molar-refractivity contribution in [3.63, 3.8) is 0 Å². The van der Waals surface area contributed by atoms with Crippen LogP contribution in [0, 0.1) is 5.92 Å². The summed E-state index contributed by atoms with van der Waals surface area (Å²) in [6.45, 7) is 1.35. The number of benzene rings is 2. The van der Waals surface area contributed by atoms with Crippen molar-refractivity contribution in [1.29, 1.82) is 0 Å². The van der Waals surface area contributed by atoms with Gasteiger partial charge in [-0.25, -0.2) is 0 Å². The quantitative estimate of drug-likeness (QED) is 0.606. The minimum Gasteiger partial charge on any atom is -0.376 e. The molecule has 1 fully saturated rings. The van der Waals surface area contributed by atoms with Gasteiger partial charge in [-0.05, 0) is 29.3 Å². The van der Waals surface area contributed by atoms with Gasteiger partial charge >= 0.3 is 12.4 Å². The van der Waals surface area contributed by atoms with Gasteiger partial charge in [0.25, 0.3) is 0 Å². The van der Waals surface area contributed by atoms with Crippen LogP contribution in [-0.4, -0.2) is 19.7 Å². The minimum absolute atomic E-state index is 0. The average molecular weight is 440 g/mol. The van der Waals surface area contributed by atoms with E-state index in [2.05, 4.69) is 5.32 Å². The van der Waals surface area contributed by atoms with E-state index in [-0.39, 0.29) is 49.1 Å². The number of ether oxygens (including phenoxy) is 1. The maximum absolute atomic E-state index is 12.9. The lowest BCUT2D eigenvalue weighted by atomic mass is 9.89. The van der Waals surface area contributed by atoms with Crippen molar-refractivity contribution in [1.82, 2.24) is 5.32 Å². The average Bonchev–Trinajstić information content (AvgIpc) is 3.09. The summed E-state index contributed by atoms with van der Waals surface area (Å²) >= 11 is 0. The van der Waals surface area contributed by atoms with Crippen LogP contribution in [0.25, 0.3) is 0 Å². The van der Waals surface area contributed by atoms with Crippen LogP contribution in [0.2, 0.25) is 0 Å². The zero-order valence-electron chi connectivity index (χ0n) is 15.2. The van der Waals surface area contributed by atoms with E-state index in [0.29, 0.717) is 18.7 Å². The fraction of sp³-hybridized carbons (Fsp3) is 0.400. The first-order valence-corrected chi connectivity index (χ1v) is 8.76. The van der Waals surface area contributed by atoms with Gasteiger partial charge in [0.05, 0.1) is 24.3 Å². The molecule has 160 valence electrons. The molecule has 0 bridgehead atoms. The second-order valence-corrected chi connectivity index (χ2v) is 6.86. The molecule has 2 atom stereocenters. The molecule has 29 heavy (non-hydrogen) atoms. The molecule has 0 saturated carbocycles. The Hall–Kier alpha value is -1.77. The highest BCUT2D eigenvalue weighted by Crippen LogP contribution is 2.36. The fourth-order valence-electron chi connectivity index (χ4n) is 3.43. The normalized spacial score (nSPS) is 19.8. The molecule has 2 aromatic rings. The zero-order valence-corrected chi connectivity index (χ0v) is 16.0. The summed E-state index contributed by atoms with van der Waals surface area (Å²) in [4.78, 5) is 0. The zero-order chi connectivity index (χ0) is 20.4. The van der Waals surface area contributed by atoms with Gasteiger partial charge in [0.15, 0.2) is 0 Å². The summed E-state index contributed by atoms with van der Waals surface area (Å²) in [6.07, 6.45) is -9.71. The molecule has 1 N–H and O–H groups in total. The van der Waals surface area contributed by atoms with E-state index < -0.39 is 23.5 Å². The monoisotopic (exact) mass is 439 g/mol. The molecule has 0 aromatic heterocycles. The van der Waals surface area contributed by atoms with Crippen LogP contribution in [0.1, 0.15) is 28.2 Å². The van der Waals surface area contributed by atoms with E-state index in [1.807, 2.05) is 30.3 Å². The number of hydrogen-bond acceptors (Lipinski definition) is 2. The molecular formula is C20H20ClF6NO. The Labute approximate surface area is 170 Å². The number of halogens is 7. The molecule has 3 rings (SSSR count). The van der Waals surface area contributed by atoms with Gasteiger partial charge in [-0.2, -0.15) is 26.3 Å². The minimum atomic E-state index is -4.86. The van der Waals surface area contributed by atoms with E-state index in [1.54, 1.807) is 0 Å². The highest BCUT2D eigenvalue weighted by atomic mass is 35.5. The van der Waals surface area contributed by atoms with Gasteiger partial charge in [-0.1, -0.05) is 30.3 Å². The highest BCUT2D eigenvalue weighted by molar-refractivity contribution is 5.85. The van der Waals surface area contributed by atoms with Crippen LogP contribution in [-0.2, 0) is 23.7 Å². The molecule has 2 aromatic carbocycles. The molecule has 0 radical (unpaired) electrons. The second-order valence-electron chi connectivity index (χ2n) is 6.86. The Bertz CT molecular complexity index is 762. The van der Waals surface area contributed by atoms with Gasteiger partial charge in [-0.15, -0.1) is 12.4 Å². The Kier molecular flexibility index (Phi) is 7.59. The lowest BCUT2D eigenvalue weighted by Crippen LogP contribution is -2.18. The van der Waals surface area contributed by atoms with E-state index >= 15 is 0 Å². The summed E-state index contributed by atoms with van der Waals surface area (Å²) < 4.78 is 83.1. The number of rotatable bonds is 5. The molecular weight excluding hydrogens is 420 g/mol. The van der Waals surface area contributed by atoms with Gasteiger partial charge in [0, 0.05) is 24.9 Å². The van der Waals surface area contributed by atoms with Crippen molar-refractivity contribution in [2.45, 2.75) is 24.9 Å². The van der Waals surface area contributed by atoms with Crippen LogP contribution >= 0.6 is 12.4 Å². The number of hydrogen-bond donors (Lipinski definition) is 1. The number of nitrogens with one attached hydrogen (secondary N) is 1. The van der Waals surface area contributed by atoms with E-state index in [1.165, 1.54) is 0 Å². The van der Waals surface area contributed by atoms with Crippen LogP contribution in [0.4, 0.5) is 26.3 Å². The Morgan fingerprint density at radius 3 is 2.00 bits per heavy atom. The molecule has 1 heterocycles. The van der Waals surface area contributed by atoms with Crippen molar-refractivity contribution in [3.05, 3.63) is 70.8 Å². The standard InChI is InChI=1S/C20H19F6NO.ClH/c21-19(22,23)16-6-13(7-17(8-16)20(24,25)26)11-28-12-15-9-27-10-18(15)14-4-2-1-3-5-14;/h1-8,15,18,27H,9-12H2;1H. The first-order chi connectivity index (χ1) is 13.1. The molecule has 1 aliphatic heterocycles. The van der Waals surface area contributed by atoms with Crippen LogP contribution in [0.5, 0.6) is 0 Å². The maximum atomic E-state index is 12.9.